The van der Waals surface area contributed by atoms with E-state index in [4.69, 9.17) is 40.5 Å². The van der Waals surface area contributed by atoms with Gasteiger partial charge in [-0.3, -0.25) is 4.79 Å². The third-order valence-corrected chi connectivity index (χ3v) is 3.91. The number of alkyl halides is 3. The molecule has 29 heavy (non-hydrogen) atoms. The van der Waals surface area contributed by atoms with Gasteiger partial charge in [-0.05, 0) is 48.9 Å². The van der Waals surface area contributed by atoms with E-state index in [1.807, 2.05) is 0 Å². The van der Waals surface area contributed by atoms with E-state index >= 15 is 0 Å². The zero-order valence-electron chi connectivity index (χ0n) is 14.6. The topological polar surface area (TPSA) is 92.7 Å². The first-order valence-electron chi connectivity index (χ1n) is 7.84. The number of nitrogens with zero attached hydrogens (tertiary/aromatic N) is 3. The number of rotatable bonds is 4. The molecule has 154 valence electrons. The van der Waals surface area contributed by atoms with E-state index in [-0.39, 0.29) is 27.5 Å². The number of nitrogens with two attached hydrogens (primary N) is 1. The zero-order chi connectivity index (χ0) is 21.8. The summed E-state index contributed by atoms with van der Waals surface area (Å²) in [5, 5.41) is 2.25. The predicted molar refractivity (Wildman–Crippen MR) is 107 cm³/mol. The fourth-order valence-corrected chi connectivity index (χ4v) is 2.54. The largest absolute Gasteiger partial charge is 0.416 e. The van der Waals surface area contributed by atoms with Crippen LogP contribution >= 0.6 is 34.8 Å². The Morgan fingerprint density at radius 3 is 2.45 bits per heavy atom. The molecule has 0 radical (unpaired) electrons. The molecule has 0 saturated heterocycles. The van der Waals surface area contributed by atoms with Crippen LogP contribution in [0.4, 0.5) is 19.0 Å². The van der Waals surface area contributed by atoms with Crippen molar-refractivity contribution in [3.63, 3.8) is 0 Å². The van der Waals surface area contributed by atoms with Crippen molar-refractivity contribution in [3.05, 3.63) is 57.7 Å². The number of hydrogen-bond acceptors (Lipinski definition) is 3. The molecule has 6 nitrogen and oxygen atoms in total. The van der Waals surface area contributed by atoms with E-state index < -0.39 is 23.7 Å². The Morgan fingerprint density at radius 1 is 1.21 bits per heavy atom. The summed E-state index contributed by atoms with van der Waals surface area (Å²) in [7, 11) is 0. The van der Waals surface area contributed by atoms with E-state index in [0.717, 1.165) is 12.1 Å². The normalized spacial score (nSPS) is 13.9. The van der Waals surface area contributed by atoms with E-state index in [1.54, 1.807) is 0 Å². The van der Waals surface area contributed by atoms with Gasteiger partial charge in [0.15, 0.2) is 16.9 Å². The van der Waals surface area contributed by atoms with Crippen molar-refractivity contribution in [1.82, 2.24) is 10.3 Å². The molecule has 0 bridgehead atoms. The summed E-state index contributed by atoms with van der Waals surface area (Å²) < 4.78 is 38.8. The number of aliphatic imine (C=N–C) groups is 2. The van der Waals surface area contributed by atoms with Gasteiger partial charge in [0.1, 0.15) is 0 Å². The second-order valence-corrected chi connectivity index (χ2v) is 6.92. The summed E-state index contributed by atoms with van der Waals surface area (Å²) in [5.41, 5.74) is 4.04. The van der Waals surface area contributed by atoms with Gasteiger partial charge < -0.3 is 11.1 Å². The lowest BCUT2D eigenvalue weighted by Gasteiger charge is -2.15. The van der Waals surface area contributed by atoms with Gasteiger partial charge in [0.2, 0.25) is 0 Å². The van der Waals surface area contributed by atoms with Crippen LogP contribution in [0.15, 0.2) is 46.5 Å². The van der Waals surface area contributed by atoms with Gasteiger partial charge >= 0.3 is 6.18 Å². The highest BCUT2D eigenvalue weighted by atomic mass is 35.5. The number of aromatic nitrogens is 1. The molecule has 2 aromatic rings. The molecule has 0 fully saturated rings. The first-order chi connectivity index (χ1) is 13.5. The maximum absolute atomic E-state index is 12.9. The number of halogens is 6. The highest BCUT2D eigenvalue weighted by molar-refractivity contribution is 6.65. The van der Waals surface area contributed by atoms with E-state index in [9.17, 15) is 18.0 Å². The zero-order valence-corrected chi connectivity index (χ0v) is 16.9. The van der Waals surface area contributed by atoms with Crippen molar-refractivity contribution in [3.8, 4) is 0 Å². The number of benzene rings is 1. The number of carbonyl (C=O) groups is 1. The molecule has 1 heterocycles. The number of nitrogens with one attached hydrogen (secondary N) is 1. The summed E-state index contributed by atoms with van der Waals surface area (Å²) >= 11 is 17.1. The highest BCUT2D eigenvalue weighted by Crippen LogP contribution is 2.32. The van der Waals surface area contributed by atoms with Crippen LogP contribution < -0.4 is 11.1 Å². The molecular formula is C17H13Cl3F3N5O. The second-order valence-electron chi connectivity index (χ2n) is 5.66. The van der Waals surface area contributed by atoms with Gasteiger partial charge in [-0.15, -0.1) is 0 Å². The summed E-state index contributed by atoms with van der Waals surface area (Å²) in [6, 6.07) is 4.65. The minimum Gasteiger partial charge on any atom is -0.374 e. The van der Waals surface area contributed by atoms with Crippen molar-refractivity contribution in [1.29, 1.82) is 0 Å². The molecule has 1 atom stereocenters. The lowest BCUT2D eigenvalue weighted by Crippen LogP contribution is -2.38. The van der Waals surface area contributed by atoms with Gasteiger partial charge in [0.05, 0.1) is 16.6 Å². The van der Waals surface area contributed by atoms with Crippen molar-refractivity contribution >= 4 is 57.7 Å². The van der Waals surface area contributed by atoms with Gasteiger partial charge in [0.25, 0.3) is 5.91 Å². The Balaban J connectivity index is 2.30. The van der Waals surface area contributed by atoms with Crippen LogP contribution in [0.1, 0.15) is 22.8 Å². The minimum absolute atomic E-state index is 0.0289. The fraction of sp³-hybridized carbons (Fsp3) is 0.176. The van der Waals surface area contributed by atoms with Gasteiger partial charge in [-0.25, -0.2) is 15.0 Å². The van der Waals surface area contributed by atoms with Crippen molar-refractivity contribution in [2.75, 3.05) is 0 Å². The Kier molecular flexibility index (Phi) is 7.45. The Morgan fingerprint density at radius 2 is 1.90 bits per heavy atom. The number of amidine groups is 2. The standard InChI is InChI=1S/C17H13Cl3F3N5O/c1-8(14(28-16(20)24)27-13-3-2-11(18)7-25-13)26-15(29)9-4-10(17(21,22)23)6-12(19)5-9/h2-8H,1H3,(H,26,29)(H2,24,25,27,28). The van der Waals surface area contributed by atoms with Crippen LogP contribution in [-0.2, 0) is 6.18 Å². The summed E-state index contributed by atoms with van der Waals surface area (Å²) in [6.07, 6.45) is -3.31. The molecule has 3 N–H and O–H groups in total. The highest BCUT2D eigenvalue weighted by Gasteiger charge is 2.32. The lowest BCUT2D eigenvalue weighted by molar-refractivity contribution is -0.137. The summed E-state index contributed by atoms with van der Waals surface area (Å²) in [4.78, 5) is 24.4. The monoisotopic (exact) mass is 465 g/mol. The molecule has 1 amide bonds. The Hall–Kier alpha value is -2.36. The first kappa shape index (κ1) is 22.9. The Bertz CT molecular complexity index is 958. The minimum atomic E-state index is -4.66. The maximum Gasteiger partial charge on any atom is 0.416 e. The molecule has 0 saturated carbocycles. The maximum atomic E-state index is 12.9. The summed E-state index contributed by atoms with van der Waals surface area (Å²) in [6.45, 7) is 1.49. The molecule has 0 aliphatic rings. The molecule has 0 aliphatic carbocycles. The van der Waals surface area contributed by atoms with Crippen molar-refractivity contribution in [2.24, 2.45) is 15.7 Å². The van der Waals surface area contributed by atoms with E-state index in [1.165, 1.54) is 25.3 Å². The van der Waals surface area contributed by atoms with Gasteiger partial charge in [0, 0.05) is 16.8 Å². The third kappa shape index (κ3) is 6.88. The van der Waals surface area contributed by atoms with E-state index in [2.05, 4.69) is 20.3 Å². The quantitative estimate of drug-likeness (QED) is 0.385. The fourth-order valence-electron chi connectivity index (χ4n) is 2.11. The van der Waals surface area contributed by atoms with Crippen LogP contribution in [-0.4, -0.2) is 28.1 Å². The predicted octanol–water partition coefficient (Wildman–Crippen LogP) is 4.81. The molecule has 1 unspecified atom stereocenters. The Labute approximate surface area is 178 Å². The first-order valence-corrected chi connectivity index (χ1v) is 8.97. The van der Waals surface area contributed by atoms with Crippen molar-refractivity contribution < 1.29 is 18.0 Å². The van der Waals surface area contributed by atoms with Gasteiger partial charge in [-0.2, -0.15) is 13.2 Å². The molecule has 0 spiro atoms. The van der Waals surface area contributed by atoms with E-state index in [0.29, 0.717) is 11.1 Å². The summed E-state index contributed by atoms with van der Waals surface area (Å²) in [5.74, 6) is -0.654. The molecular weight excluding hydrogens is 454 g/mol. The van der Waals surface area contributed by atoms with Crippen LogP contribution in [0.3, 0.4) is 0 Å². The van der Waals surface area contributed by atoms with Crippen molar-refractivity contribution in [2.45, 2.75) is 19.1 Å². The number of amides is 1. The van der Waals surface area contributed by atoms with Crippen LogP contribution in [0.25, 0.3) is 0 Å². The molecule has 2 rings (SSSR count). The number of pyridine rings is 1. The van der Waals surface area contributed by atoms with Crippen LogP contribution in [0.5, 0.6) is 0 Å². The SMILES string of the molecule is CC(NC(=O)c1cc(Cl)cc(C(F)(F)F)c1)C(N=C(N)Cl)=Nc1ccc(Cl)cn1. The smallest absolute Gasteiger partial charge is 0.374 e. The van der Waals surface area contributed by atoms with Crippen LogP contribution in [0, 0.1) is 0 Å². The molecule has 12 heteroatoms. The van der Waals surface area contributed by atoms with Crippen LogP contribution in [0.2, 0.25) is 10.0 Å². The average molecular weight is 467 g/mol. The number of hydrogen-bond donors (Lipinski definition) is 2. The van der Waals surface area contributed by atoms with Gasteiger partial charge in [-0.1, -0.05) is 23.2 Å². The molecule has 1 aromatic carbocycles. The average Bonchev–Trinajstić information content (AvgIpc) is 2.61. The molecule has 1 aromatic heterocycles. The molecule has 0 aliphatic heterocycles. The number of carbonyl (C=O) groups excluding carboxylic acids is 1. The lowest BCUT2D eigenvalue weighted by atomic mass is 10.1. The third-order valence-electron chi connectivity index (χ3n) is 3.38. The second kappa shape index (κ2) is 9.43.